The first-order valence-electron chi connectivity index (χ1n) is 3.06. The van der Waals surface area contributed by atoms with Crippen molar-refractivity contribution in [1.29, 1.82) is 0 Å². The van der Waals surface area contributed by atoms with Gasteiger partial charge in [0.05, 0.1) is 4.90 Å². The van der Waals surface area contributed by atoms with Gasteiger partial charge in [0.25, 0.3) is 0 Å². The average molecular weight is 279 g/mol. The highest BCUT2D eigenvalue weighted by Crippen LogP contribution is 2.04. The first kappa shape index (κ1) is 11.0. The van der Waals surface area contributed by atoms with Gasteiger partial charge in [0.15, 0.2) is 0 Å². The summed E-state index contributed by atoms with van der Waals surface area (Å²) in [6, 6.07) is 9.82. The van der Waals surface area contributed by atoms with Crippen LogP contribution in [0.4, 0.5) is 0 Å². The molecule has 1 rings (SSSR count). The molecule has 0 aliphatic heterocycles. The van der Waals surface area contributed by atoms with Gasteiger partial charge < -0.3 is 24.0 Å². The van der Waals surface area contributed by atoms with E-state index in [1.54, 1.807) is 11.8 Å². The fourth-order valence-electron chi connectivity index (χ4n) is 0.731. The lowest BCUT2D eigenvalue weighted by atomic mass is 10.5. The summed E-state index contributed by atoms with van der Waals surface area (Å²) in [7, 11) is 0. The first-order chi connectivity index (χ1) is 4.84. The summed E-state index contributed by atoms with van der Waals surface area (Å²) < 4.78 is 0. The highest BCUT2D eigenvalue weighted by molar-refractivity contribution is 7.98. The highest BCUT2D eigenvalue weighted by Gasteiger charge is 1.91. The van der Waals surface area contributed by atoms with E-state index >= 15 is 0 Å². The van der Waals surface area contributed by atoms with Crippen LogP contribution in [0, 0.1) is 0 Å². The Morgan fingerprint density at radius 1 is 1.18 bits per heavy atom. The molecule has 0 radical (unpaired) electrons. The standard InChI is InChI=1S/C8H9NS.HI/c1-10-8-6-4-2-3-5-7(8)9;/h2-6,9H,1H3;1H. The molecule has 0 aliphatic carbocycles. The summed E-state index contributed by atoms with van der Waals surface area (Å²) in [6.45, 7) is 0. The Kier molecular flexibility index (Phi) is 5.58. The number of nitrogens with two attached hydrogens (primary N) is 1. The molecule has 0 fully saturated rings. The largest absolute Gasteiger partial charge is 1.00 e. The predicted octanol–water partition coefficient (Wildman–Crippen LogP) is -2.93. The number of hydrogen-bond donors (Lipinski definition) is 1. The van der Waals surface area contributed by atoms with Crippen LogP contribution in [0.2, 0.25) is 0 Å². The van der Waals surface area contributed by atoms with Gasteiger partial charge in [-0.3, -0.25) is 5.41 Å². The summed E-state index contributed by atoms with van der Waals surface area (Å²) in [4.78, 5) is 1.13. The molecule has 0 heterocycles. The third-order valence-electron chi connectivity index (χ3n) is 1.25. The second kappa shape index (κ2) is 5.60. The minimum atomic E-state index is 0. The molecule has 0 aliphatic rings. The molecule has 0 bridgehead atoms. The third-order valence-corrected chi connectivity index (χ3v) is 2.06. The molecular formula is C8H10INS. The molecule has 60 valence electrons. The molecule has 1 nitrogen and oxygen atoms in total. The molecule has 11 heavy (non-hydrogen) atoms. The Bertz CT molecular complexity index is 275. The quantitative estimate of drug-likeness (QED) is 0.432. The Morgan fingerprint density at radius 3 is 2.45 bits per heavy atom. The molecular weight excluding hydrogens is 269 g/mol. The van der Waals surface area contributed by atoms with Gasteiger partial charge >= 0.3 is 0 Å². The van der Waals surface area contributed by atoms with Crippen molar-refractivity contribution >= 4 is 11.8 Å². The van der Waals surface area contributed by atoms with E-state index in [1.165, 1.54) is 0 Å². The van der Waals surface area contributed by atoms with Gasteiger partial charge in [-0.2, -0.15) is 0 Å². The van der Waals surface area contributed by atoms with Crippen molar-refractivity contribution in [3.05, 3.63) is 35.7 Å². The Labute approximate surface area is 87.8 Å². The van der Waals surface area contributed by atoms with Crippen LogP contribution in [0.1, 0.15) is 0 Å². The van der Waals surface area contributed by atoms with Gasteiger partial charge in [0.1, 0.15) is 0 Å². The van der Waals surface area contributed by atoms with Gasteiger partial charge in [0, 0.05) is 6.07 Å². The molecule has 1 aromatic carbocycles. The normalized spacial score (nSPS) is 8.45. The minimum absolute atomic E-state index is 0. The summed E-state index contributed by atoms with van der Waals surface area (Å²) in [5.74, 6) is 0. The van der Waals surface area contributed by atoms with Gasteiger partial charge in [-0.05, 0) is 12.3 Å². The SMILES string of the molecule is CSc1cccccc1=[NH2+].[I-]. The van der Waals surface area contributed by atoms with E-state index in [1.807, 2.05) is 36.6 Å². The average Bonchev–Trinajstić information content (AvgIpc) is 2.13. The van der Waals surface area contributed by atoms with E-state index in [-0.39, 0.29) is 24.0 Å². The molecule has 2 N–H and O–H groups in total. The van der Waals surface area contributed by atoms with Crippen LogP contribution in [0.25, 0.3) is 0 Å². The van der Waals surface area contributed by atoms with Crippen LogP contribution in [0.3, 0.4) is 0 Å². The molecule has 0 amide bonds. The lowest BCUT2D eigenvalue weighted by Gasteiger charge is -1.82. The number of thioether (sulfide) groups is 1. The van der Waals surface area contributed by atoms with Crippen LogP contribution < -0.4 is 34.7 Å². The molecule has 0 atom stereocenters. The van der Waals surface area contributed by atoms with Crippen molar-refractivity contribution in [1.82, 2.24) is 0 Å². The fraction of sp³-hybridized carbons (Fsp3) is 0.125. The van der Waals surface area contributed by atoms with Crippen molar-refractivity contribution in [2.75, 3.05) is 6.26 Å². The molecule has 0 saturated carbocycles. The summed E-state index contributed by atoms with van der Waals surface area (Å²) in [5, 5.41) is 6.54. The summed E-state index contributed by atoms with van der Waals surface area (Å²) >= 11 is 1.66. The molecule has 0 aromatic heterocycles. The Morgan fingerprint density at radius 2 is 1.82 bits per heavy atom. The number of halogens is 1. The van der Waals surface area contributed by atoms with E-state index in [0.29, 0.717) is 0 Å². The van der Waals surface area contributed by atoms with Gasteiger partial charge in [-0.1, -0.05) is 18.2 Å². The lowest BCUT2D eigenvalue weighted by molar-refractivity contribution is -0.176. The monoisotopic (exact) mass is 279 g/mol. The smallest absolute Gasteiger partial charge is 0.210 e. The highest BCUT2D eigenvalue weighted by atomic mass is 127. The van der Waals surface area contributed by atoms with Crippen molar-refractivity contribution < 1.29 is 29.4 Å². The number of rotatable bonds is 1. The zero-order chi connectivity index (χ0) is 7.40. The Hall–Kier alpha value is -0.0300. The summed E-state index contributed by atoms with van der Waals surface area (Å²) in [5.41, 5.74) is 0. The fourth-order valence-corrected chi connectivity index (χ4v) is 1.25. The third kappa shape index (κ3) is 3.25. The van der Waals surface area contributed by atoms with Crippen LogP contribution in [0.15, 0.2) is 35.2 Å². The van der Waals surface area contributed by atoms with Gasteiger partial charge in [-0.25, -0.2) is 0 Å². The van der Waals surface area contributed by atoms with Crippen molar-refractivity contribution in [3.8, 4) is 0 Å². The lowest BCUT2D eigenvalue weighted by Crippen LogP contribution is -3.00. The maximum Gasteiger partial charge on any atom is 0.210 e. The number of hydrogen-bond acceptors (Lipinski definition) is 1. The van der Waals surface area contributed by atoms with Crippen molar-refractivity contribution in [2.45, 2.75) is 4.90 Å². The second-order valence-electron chi connectivity index (χ2n) is 1.93. The molecule has 1 aromatic rings. The maximum atomic E-state index is 5.69. The molecule has 3 heteroatoms. The minimum Gasteiger partial charge on any atom is -1.00 e. The van der Waals surface area contributed by atoms with Gasteiger partial charge in [0.2, 0.25) is 5.36 Å². The van der Waals surface area contributed by atoms with Crippen LogP contribution in [-0.2, 0) is 0 Å². The van der Waals surface area contributed by atoms with Gasteiger partial charge in [-0.15, -0.1) is 11.8 Å². The second-order valence-corrected chi connectivity index (χ2v) is 2.78. The van der Waals surface area contributed by atoms with Crippen molar-refractivity contribution in [3.63, 3.8) is 0 Å². The predicted molar refractivity (Wildman–Crippen MR) is 43.3 cm³/mol. The first-order valence-corrected chi connectivity index (χ1v) is 4.29. The van der Waals surface area contributed by atoms with E-state index in [4.69, 9.17) is 5.41 Å². The van der Waals surface area contributed by atoms with E-state index in [2.05, 4.69) is 0 Å². The molecule has 0 spiro atoms. The molecule has 0 saturated heterocycles. The zero-order valence-corrected chi connectivity index (χ0v) is 9.22. The van der Waals surface area contributed by atoms with E-state index in [0.717, 1.165) is 10.3 Å². The molecule has 0 unspecified atom stereocenters. The maximum absolute atomic E-state index is 5.69. The topological polar surface area (TPSA) is 25.6 Å². The van der Waals surface area contributed by atoms with E-state index in [9.17, 15) is 0 Å². The zero-order valence-electron chi connectivity index (χ0n) is 6.25. The Balaban J connectivity index is 0.000001000. The van der Waals surface area contributed by atoms with Crippen LogP contribution in [0.5, 0.6) is 0 Å². The van der Waals surface area contributed by atoms with Crippen LogP contribution in [-0.4, -0.2) is 6.26 Å². The van der Waals surface area contributed by atoms with Crippen molar-refractivity contribution in [2.24, 2.45) is 0 Å². The van der Waals surface area contributed by atoms with Crippen LogP contribution >= 0.6 is 11.8 Å². The summed E-state index contributed by atoms with van der Waals surface area (Å²) in [6.07, 6.45) is 2.02. The van der Waals surface area contributed by atoms with E-state index < -0.39 is 0 Å².